The van der Waals surface area contributed by atoms with Gasteiger partial charge in [-0.25, -0.2) is 9.37 Å². The zero-order valence-electron chi connectivity index (χ0n) is 15.6. The van der Waals surface area contributed by atoms with Crippen LogP contribution in [-0.2, 0) is 12.8 Å². The minimum absolute atomic E-state index is 0.0383. The summed E-state index contributed by atoms with van der Waals surface area (Å²) < 4.78 is 17.1. The SMILES string of the molecule is CSNC1CCc2nc[nH]c(=O)c2C1Cc1cccc(-c2cccc(F)c2)c1. The highest BCUT2D eigenvalue weighted by molar-refractivity contribution is 7.96. The summed E-state index contributed by atoms with van der Waals surface area (Å²) in [6.07, 6.45) is 5.97. The van der Waals surface area contributed by atoms with Gasteiger partial charge in [-0.05, 0) is 54.3 Å². The second-order valence-electron chi connectivity index (χ2n) is 7.08. The molecule has 0 bridgehead atoms. The largest absolute Gasteiger partial charge is 0.313 e. The van der Waals surface area contributed by atoms with E-state index in [4.69, 9.17) is 0 Å². The third kappa shape index (κ3) is 3.88. The highest BCUT2D eigenvalue weighted by Crippen LogP contribution is 2.33. The summed E-state index contributed by atoms with van der Waals surface area (Å²) in [6, 6.07) is 14.9. The first-order valence-corrected chi connectivity index (χ1v) is 10.6. The van der Waals surface area contributed by atoms with Crippen LogP contribution < -0.4 is 10.3 Å². The van der Waals surface area contributed by atoms with Crippen LogP contribution in [0.5, 0.6) is 0 Å². The van der Waals surface area contributed by atoms with Crippen LogP contribution in [0.2, 0.25) is 0 Å². The van der Waals surface area contributed by atoms with Gasteiger partial charge in [-0.15, -0.1) is 0 Å². The van der Waals surface area contributed by atoms with Crippen LogP contribution >= 0.6 is 11.9 Å². The summed E-state index contributed by atoms with van der Waals surface area (Å²) in [4.78, 5) is 19.7. The second kappa shape index (κ2) is 8.29. The van der Waals surface area contributed by atoms with Crippen molar-refractivity contribution in [3.05, 3.63) is 87.9 Å². The molecule has 1 aliphatic rings. The Hall–Kier alpha value is -2.44. The highest BCUT2D eigenvalue weighted by Gasteiger charge is 2.32. The Bertz CT molecular complexity index is 1040. The van der Waals surface area contributed by atoms with Crippen molar-refractivity contribution in [2.45, 2.75) is 31.2 Å². The van der Waals surface area contributed by atoms with Gasteiger partial charge in [-0.1, -0.05) is 48.3 Å². The fourth-order valence-corrected chi connectivity index (χ4v) is 4.64. The fraction of sp³-hybridized carbons (Fsp3) is 0.273. The van der Waals surface area contributed by atoms with Crippen molar-refractivity contribution < 1.29 is 4.39 Å². The van der Waals surface area contributed by atoms with Gasteiger partial charge in [0.2, 0.25) is 0 Å². The van der Waals surface area contributed by atoms with Crippen molar-refractivity contribution in [3.63, 3.8) is 0 Å². The van der Waals surface area contributed by atoms with Gasteiger partial charge in [-0.2, -0.15) is 0 Å². The second-order valence-corrected chi connectivity index (χ2v) is 7.72. The molecule has 1 aromatic heterocycles. The molecular weight excluding hydrogens is 373 g/mol. The molecule has 2 atom stereocenters. The number of hydrogen-bond donors (Lipinski definition) is 2. The molecule has 3 aromatic rings. The van der Waals surface area contributed by atoms with Crippen LogP contribution in [0.3, 0.4) is 0 Å². The monoisotopic (exact) mass is 395 g/mol. The lowest BCUT2D eigenvalue weighted by Gasteiger charge is -2.32. The number of aromatic amines is 1. The van der Waals surface area contributed by atoms with E-state index in [2.05, 4.69) is 26.8 Å². The minimum Gasteiger partial charge on any atom is -0.313 e. The maximum Gasteiger partial charge on any atom is 0.254 e. The van der Waals surface area contributed by atoms with Crippen molar-refractivity contribution >= 4 is 11.9 Å². The van der Waals surface area contributed by atoms with Crippen LogP contribution in [0.15, 0.2) is 59.7 Å². The van der Waals surface area contributed by atoms with Gasteiger partial charge < -0.3 is 4.98 Å². The minimum atomic E-state index is -0.244. The Morgan fingerprint density at radius 1 is 1.21 bits per heavy atom. The van der Waals surface area contributed by atoms with Gasteiger partial charge in [-0.3, -0.25) is 9.52 Å². The molecule has 144 valence electrons. The van der Waals surface area contributed by atoms with E-state index in [9.17, 15) is 9.18 Å². The number of fused-ring (bicyclic) bond motifs is 1. The standard InChI is InChI=1S/C22H22FN3OS/c1-28-26-19-8-9-20-21(22(27)25-13-24-20)18(19)11-14-4-2-5-15(10-14)16-6-3-7-17(23)12-16/h2-7,10,12-13,18-19,26H,8-9,11H2,1H3,(H,24,25,27). The molecule has 0 amide bonds. The maximum atomic E-state index is 13.6. The average Bonchev–Trinajstić information content (AvgIpc) is 2.70. The summed E-state index contributed by atoms with van der Waals surface area (Å²) in [5, 5.41) is 0. The van der Waals surface area contributed by atoms with Crippen LogP contribution in [0.1, 0.15) is 29.2 Å². The number of rotatable bonds is 5. The average molecular weight is 396 g/mol. The van der Waals surface area contributed by atoms with E-state index in [0.29, 0.717) is 0 Å². The molecule has 1 heterocycles. The van der Waals surface area contributed by atoms with Gasteiger partial charge >= 0.3 is 0 Å². The van der Waals surface area contributed by atoms with Crippen LogP contribution in [-0.4, -0.2) is 22.3 Å². The molecule has 1 aliphatic carbocycles. The number of aryl methyl sites for hydroxylation is 1. The van der Waals surface area contributed by atoms with Gasteiger partial charge in [0.25, 0.3) is 5.56 Å². The summed E-state index contributed by atoms with van der Waals surface area (Å²) in [7, 11) is 0. The first kappa shape index (κ1) is 18.9. The molecule has 4 nitrogen and oxygen atoms in total. The van der Waals surface area contributed by atoms with Crippen molar-refractivity contribution in [2.75, 3.05) is 6.26 Å². The number of nitrogens with one attached hydrogen (secondary N) is 2. The zero-order chi connectivity index (χ0) is 19.5. The topological polar surface area (TPSA) is 57.8 Å². The van der Waals surface area contributed by atoms with Crippen molar-refractivity contribution in [1.29, 1.82) is 0 Å². The molecule has 0 fully saturated rings. The number of nitrogens with zero attached hydrogens (tertiary/aromatic N) is 1. The molecule has 2 unspecified atom stereocenters. The molecule has 0 spiro atoms. The van der Waals surface area contributed by atoms with Crippen molar-refractivity contribution in [2.24, 2.45) is 0 Å². The van der Waals surface area contributed by atoms with E-state index in [1.54, 1.807) is 24.1 Å². The summed E-state index contributed by atoms with van der Waals surface area (Å²) in [5.41, 5.74) is 4.58. The molecule has 0 radical (unpaired) electrons. The van der Waals surface area contributed by atoms with E-state index < -0.39 is 0 Å². The number of halogens is 1. The van der Waals surface area contributed by atoms with Crippen LogP contribution in [0.4, 0.5) is 4.39 Å². The molecule has 0 saturated carbocycles. The molecule has 2 N–H and O–H groups in total. The molecule has 28 heavy (non-hydrogen) atoms. The number of H-pyrrole nitrogens is 1. The van der Waals surface area contributed by atoms with Crippen molar-refractivity contribution in [1.82, 2.24) is 14.7 Å². The quantitative estimate of drug-likeness (QED) is 0.639. The summed E-state index contributed by atoms with van der Waals surface area (Å²) in [6.45, 7) is 0. The summed E-state index contributed by atoms with van der Waals surface area (Å²) >= 11 is 1.58. The zero-order valence-corrected chi connectivity index (χ0v) is 16.4. The van der Waals surface area contributed by atoms with Gasteiger partial charge in [0.15, 0.2) is 0 Å². The molecule has 4 rings (SSSR count). The molecule has 2 aromatic carbocycles. The van der Waals surface area contributed by atoms with E-state index in [1.807, 2.05) is 24.5 Å². The van der Waals surface area contributed by atoms with E-state index in [-0.39, 0.29) is 23.3 Å². The Labute approximate surface area is 167 Å². The normalized spacial score (nSPS) is 18.6. The van der Waals surface area contributed by atoms with Gasteiger partial charge in [0.05, 0.1) is 12.0 Å². The Morgan fingerprint density at radius 3 is 2.79 bits per heavy atom. The van der Waals surface area contributed by atoms with Crippen LogP contribution in [0.25, 0.3) is 11.1 Å². The third-order valence-electron chi connectivity index (χ3n) is 5.33. The van der Waals surface area contributed by atoms with E-state index in [1.165, 1.54) is 12.4 Å². The number of hydrogen-bond acceptors (Lipinski definition) is 4. The predicted octanol–water partition coefficient (Wildman–Crippen LogP) is 4.08. The lowest BCUT2D eigenvalue weighted by atomic mass is 9.79. The Balaban J connectivity index is 1.69. The number of benzene rings is 2. The van der Waals surface area contributed by atoms with Gasteiger partial charge in [0.1, 0.15) is 5.82 Å². The smallest absolute Gasteiger partial charge is 0.254 e. The maximum absolute atomic E-state index is 13.6. The lowest BCUT2D eigenvalue weighted by molar-refractivity contribution is 0.435. The predicted molar refractivity (Wildman–Crippen MR) is 112 cm³/mol. The molecule has 6 heteroatoms. The van der Waals surface area contributed by atoms with Crippen molar-refractivity contribution in [3.8, 4) is 11.1 Å². The lowest BCUT2D eigenvalue weighted by Crippen LogP contribution is -2.39. The first-order valence-electron chi connectivity index (χ1n) is 9.35. The molecule has 0 saturated heterocycles. The molecule has 0 aliphatic heterocycles. The van der Waals surface area contributed by atoms with Crippen LogP contribution in [0, 0.1) is 5.82 Å². The van der Waals surface area contributed by atoms with Gasteiger partial charge in [0, 0.05) is 17.5 Å². The Kier molecular flexibility index (Phi) is 5.59. The van der Waals surface area contributed by atoms with E-state index in [0.717, 1.165) is 47.2 Å². The molecular formula is C22H22FN3OS. The third-order valence-corrected chi connectivity index (χ3v) is 5.87. The fourth-order valence-electron chi connectivity index (χ4n) is 4.06. The highest BCUT2D eigenvalue weighted by atomic mass is 32.2. The Morgan fingerprint density at radius 2 is 2.00 bits per heavy atom. The summed E-state index contributed by atoms with van der Waals surface area (Å²) in [5.74, 6) is -0.206. The van der Waals surface area contributed by atoms with E-state index >= 15 is 0 Å². The number of aromatic nitrogens is 2. The first-order chi connectivity index (χ1) is 13.7.